The lowest BCUT2D eigenvalue weighted by atomic mass is 9.77. The van der Waals surface area contributed by atoms with Crippen molar-refractivity contribution in [2.75, 3.05) is 33.3 Å². The van der Waals surface area contributed by atoms with Crippen LogP contribution in [0.3, 0.4) is 0 Å². The molecule has 0 bridgehead atoms. The number of hydrogen-bond donors (Lipinski definition) is 0. The molecule has 0 atom stereocenters. The number of benzene rings is 1. The van der Waals surface area contributed by atoms with Gasteiger partial charge in [-0.3, -0.25) is 4.79 Å². The van der Waals surface area contributed by atoms with Gasteiger partial charge in [0.15, 0.2) is 0 Å². The highest BCUT2D eigenvalue weighted by atomic mass is 16.5. The van der Waals surface area contributed by atoms with E-state index in [2.05, 4.69) is 15.9 Å². The van der Waals surface area contributed by atoms with Crippen LogP contribution in [0.2, 0.25) is 0 Å². The minimum Gasteiger partial charge on any atom is -0.497 e. The molecule has 4 rings (SSSR count). The summed E-state index contributed by atoms with van der Waals surface area (Å²) in [6, 6.07) is 8.09. The Balaban J connectivity index is 1.32. The van der Waals surface area contributed by atoms with Gasteiger partial charge in [0.2, 0.25) is 5.91 Å². The molecule has 26 heavy (non-hydrogen) atoms. The summed E-state index contributed by atoms with van der Waals surface area (Å²) in [7, 11) is 1.69. The predicted molar refractivity (Wildman–Crippen MR) is 103 cm³/mol. The Morgan fingerprint density at radius 3 is 2.69 bits per heavy atom. The highest BCUT2D eigenvalue weighted by Gasteiger charge is 2.44. The number of amides is 1. The fourth-order valence-electron chi connectivity index (χ4n) is 5.22. The normalized spacial score (nSPS) is 23.9. The third-order valence-corrected chi connectivity index (χ3v) is 6.82. The zero-order valence-electron chi connectivity index (χ0n) is 16.1. The van der Waals surface area contributed by atoms with Gasteiger partial charge in [-0.05, 0) is 67.8 Å². The van der Waals surface area contributed by atoms with Crippen LogP contribution in [-0.2, 0) is 11.3 Å². The van der Waals surface area contributed by atoms with Crippen LogP contribution in [-0.4, -0.2) is 49.0 Å². The van der Waals surface area contributed by atoms with Crippen molar-refractivity contribution in [2.24, 2.45) is 11.3 Å². The highest BCUT2D eigenvalue weighted by Crippen LogP contribution is 2.42. The molecule has 1 spiro atoms. The van der Waals surface area contributed by atoms with Gasteiger partial charge in [-0.25, -0.2) is 0 Å². The molecular weight excluding hydrogens is 324 g/mol. The van der Waals surface area contributed by atoms with Crippen LogP contribution >= 0.6 is 0 Å². The average Bonchev–Trinajstić information content (AvgIpc) is 3.26. The maximum atomic E-state index is 12.6. The van der Waals surface area contributed by atoms with Crippen molar-refractivity contribution in [1.29, 1.82) is 0 Å². The zero-order valence-corrected chi connectivity index (χ0v) is 16.1. The number of methoxy groups -OCH3 is 1. The van der Waals surface area contributed by atoms with Crippen molar-refractivity contribution >= 4 is 5.91 Å². The second kappa shape index (κ2) is 7.59. The Bertz CT molecular complexity index is 631. The van der Waals surface area contributed by atoms with Gasteiger partial charge in [-0.15, -0.1) is 0 Å². The van der Waals surface area contributed by atoms with Crippen LogP contribution < -0.4 is 4.74 Å². The van der Waals surface area contributed by atoms with E-state index >= 15 is 0 Å². The van der Waals surface area contributed by atoms with Crippen LogP contribution in [0.25, 0.3) is 0 Å². The number of piperidine rings is 1. The molecule has 4 heteroatoms. The van der Waals surface area contributed by atoms with Gasteiger partial charge in [-0.1, -0.05) is 25.0 Å². The summed E-state index contributed by atoms with van der Waals surface area (Å²) in [5.74, 6) is 2.12. The molecule has 1 saturated carbocycles. The third-order valence-electron chi connectivity index (χ3n) is 6.82. The molecule has 0 aromatic heterocycles. The van der Waals surface area contributed by atoms with Crippen molar-refractivity contribution < 1.29 is 9.53 Å². The van der Waals surface area contributed by atoms with E-state index in [4.69, 9.17) is 4.74 Å². The molecule has 4 nitrogen and oxygen atoms in total. The fourth-order valence-corrected chi connectivity index (χ4v) is 5.22. The van der Waals surface area contributed by atoms with Crippen LogP contribution in [0.15, 0.2) is 24.3 Å². The van der Waals surface area contributed by atoms with Crippen molar-refractivity contribution in [3.05, 3.63) is 29.8 Å². The number of hydrogen-bond acceptors (Lipinski definition) is 3. The Hall–Kier alpha value is -1.55. The number of ether oxygens (including phenoxy) is 1. The van der Waals surface area contributed by atoms with Gasteiger partial charge in [0, 0.05) is 26.1 Å². The lowest BCUT2D eigenvalue weighted by Crippen LogP contribution is -2.43. The topological polar surface area (TPSA) is 32.8 Å². The van der Waals surface area contributed by atoms with E-state index in [1.807, 2.05) is 18.2 Å². The first-order valence-electron chi connectivity index (χ1n) is 10.3. The lowest BCUT2D eigenvalue weighted by molar-refractivity contribution is -0.128. The van der Waals surface area contributed by atoms with Gasteiger partial charge >= 0.3 is 0 Å². The first-order chi connectivity index (χ1) is 12.7. The second-order valence-electron chi connectivity index (χ2n) is 8.73. The molecule has 3 aliphatic rings. The monoisotopic (exact) mass is 356 g/mol. The van der Waals surface area contributed by atoms with Gasteiger partial charge in [-0.2, -0.15) is 0 Å². The molecule has 1 aromatic rings. The van der Waals surface area contributed by atoms with E-state index in [1.165, 1.54) is 58.2 Å². The zero-order chi connectivity index (χ0) is 18.0. The first kappa shape index (κ1) is 17.8. The summed E-state index contributed by atoms with van der Waals surface area (Å²) >= 11 is 0. The average molecular weight is 357 g/mol. The van der Waals surface area contributed by atoms with E-state index in [9.17, 15) is 4.79 Å². The van der Waals surface area contributed by atoms with Crippen molar-refractivity contribution in [2.45, 2.75) is 51.5 Å². The Morgan fingerprint density at radius 2 is 1.96 bits per heavy atom. The predicted octanol–water partition coefficient (Wildman–Crippen LogP) is 3.70. The van der Waals surface area contributed by atoms with Crippen LogP contribution in [0.4, 0.5) is 0 Å². The van der Waals surface area contributed by atoms with Crippen LogP contribution in [0, 0.1) is 11.3 Å². The molecule has 0 radical (unpaired) electrons. The molecular formula is C22H32N2O2. The highest BCUT2D eigenvalue weighted by molar-refractivity contribution is 5.79. The van der Waals surface area contributed by atoms with Crippen molar-refractivity contribution in [1.82, 2.24) is 9.80 Å². The molecule has 1 aromatic carbocycles. The molecule has 1 amide bonds. The third kappa shape index (κ3) is 3.90. The molecule has 0 N–H and O–H groups in total. The largest absolute Gasteiger partial charge is 0.497 e. The van der Waals surface area contributed by atoms with Gasteiger partial charge in [0.1, 0.15) is 5.75 Å². The SMILES string of the molecule is COc1cccc(CN2CC3(CCN(CC4CCCC4)CC3)CC2=O)c1. The summed E-state index contributed by atoms with van der Waals surface area (Å²) in [4.78, 5) is 17.4. The molecule has 2 aliphatic heterocycles. The molecule has 0 unspecified atom stereocenters. The second-order valence-corrected chi connectivity index (χ2v) is 8.73. The summed E-state index contributed by atoms with van der Waals surface area (Å²) in [6.45, 7) is 5.29. The number of likely N-dealkylation sites (tertiary alicyclic amines) is 2. The standard InChI is InChI=1S/C22H32N2O2/c1-26-20-8-4-7-19(13-20)16-24-17-22(14-21(24)25)9-11-23(12-10-22)15-18-5-2-3-6-18/h4,7-8,13,18H,2-3,5-6,9-12,14-17H2,1H3. The maximum Gasteiger partial charge on any atom is 0.223 e. The van der Waals surface area contributed by atoms with Gasteiger partial charge in [0.05, 0.1) is 7.11 Å². The van der Waals surface area contributed by atoms with E-state index in [0.29, 0.717) is 12.5 Å². The van der Waals surface area contributed by atoms with Crippen molar-refractivity contribution in [3.63, 3.8) is 0 Å². The summed E-state index contributed by atoms with van der Waals surface area (Å²) in [5, 5.41) is 0. The minimum atomic E-state index is 0.224. The molecule has 1 aliphatic carbocycles. The molecule has 2 saturated heterocycles. The van der Waals surface area contributed by atoms with Gasteiger partial charge in [0.25, 0.3) is 0 Å². The Morgan fingerprint density at radius 1 is 1.19 bits per heavy atom. The molecule has 3 fully saturated rings. The Labute approximate surface area is 157 Å². The molecule has 2 heterocycles. The number of rotatable bonds is 5. The van der Waals surface area contributed by atoms with E-state index in [0.717, 1.165) is 30.2 Å². The first-order valence-corrected chi connectivity index (χ1v) is 10.3. The fraction of sp³-hybridized carbons (Fsp3) is 0.682. The summed E-state index contributed by atoms with van der Waals surface area (Å²) in [5.41, 5.74) is 1.38. The summed E-state index contributed by atoms with van der Waals surface area (Å²) in [6.07, 6.45) is 8.81. The number of carbonyl (C=O) groups excluding carboxylic acids is 1. The Kier molecular flexibility index (Phi) is 5.21. The quantitative estimate of drug-likeness (QED) is 0.806. The van der Waals surface area contributed by atoms with Crippen molar-refractivity contribution in [3.8, 4) is 5.75 Å². The van der Waals surface area contributed by atoms with E-state index < -0.39 is 0 Å². The number of nitrogens with zero attached hydrogens (tertiary/aromatic N) is 2. The van der Waals surface area contributed by atoms with E-state index in [1.54, 1.807) is 7.11 Å². The van der Waals surface area contributed by atoms with Crippen LogP contribution in [0.1, 0.15) is 50.5 Å². The van der Waals surface area contributed by atoms with E-state index in [-0.39, 0.29) is 5.41 Å². The lowest BCUT2D eigenvalue weighted by Gasteiger charge is -2.39. The molecule has 142 valence electrons. The maximum absolute atomic E-state index is 12.6. The van der Waals surface area contributed by atoms with Gasteiger partial charge < -0.3 is 14.5 Å². The van der Waals surface area contributed by atoms with Crippen LogP contribution in [0.5, 0.6) is 5.75 Å². The summed E-state index contributed by atoms with van der Waals surface area (Å²) < 4.78 is 5.31. The minimum absolute atomic E-state index is 0.224. The number of carbonyl (C=O) groups is 1. The smallest absolute Gasteiger partial charge is 0.223 e.